The molecule has 1 aromatic carbocycles. The predicted molar refractivity (Wildman–Crippen MR) is 88.5 cm³/mol. The topological polar surface area (TPSA) is 89.3 Å². The normalized spacial score (nSPS) is 25.5. The van der Waals surface area contributed by atoms with Gasteiger partial charge < -0.3 is 0 Å². The number of nitro benzene ring substituents is 1. The first kappa shape index (κ1) is 17.9. The summed E-state index contributed by atoms with van der Waals surface area (Å²) < 4.78 is 28.0. The molecule has 0 radical (unpaired) electrons. The van der Waals surface area contributed by atoms with Gasteiger partial charge in [0.2, 0.25) is 10.0 Å². The third-order valence-corrected chi connectivity index (χ3v) is 6.19. The molecule has 0 saturated heterocycles. The van der Waals surface area contributed by atoms with Crippen LogP contribution in [-0.4, -0.2) is 19.4 Å². The van der Waals surface area contributed by atoms with Crippen LogP contribution in [-0.2, 0) is 10.0 Å². The Hall–Kier alpha value is -1.47. The summed E-state index contributed by atoms with van der Waals surface area (Å²) in [6.07, 6.45) is 2.97. The van der Waals surface area contributed by atoms with Crippen LogP contribution in [0.25, 0.3) is 0 Å². The number of nitro groups is 1. The van der Waals surface area contributed by atoms with Gasteiger partial charge in [0.25, 0.3) is 5.69 Å². The molecule has 3 atom stereocenters. The van der Waals surface area contributed by atoms with Crippen molar-refractivity contribution in [3.63, 3.8) is 0 Å². The summed E-state index contributed by atoms with van der Waals surface area (Å²) in [6.45, 7) is 6.38. The summed E-state index contributed by atoms with van der Waals surface area (Å²) in [7, 11) is -3.66. The van der Waals surface area contributed by atoms with E-state index in [1.165, 1.54) is 24.3 Å². The first-order chi connectivity index (χ1) is 10.7. The van der Waals surface area contributed by atoms with Gasteiger partial charge in [-0.25, -0.2) is 13.1 Å². The lowest BCUT2D eigenvalue weighted by Crippen LogP contribution is -2.45. The lowest BCUT2D eigenvalue weighted by Gasteiger charge is -2.37. The quantitative estimate of drug-likeness (QED) is 0.657. The second kappa shape index (κ2) is 6.97. The van der Waals surface area contributed by atoms with E-state index >= 15 is 0 Å². The Bertz CT molecular complexity index is 655. The second-order valence-electron chi connectivity index (χ2n) is 6.80. The number of sulfonamides is 1. The van der Waals surface area contributed by atoms with E-state index in [0.717, 1.165) is 19.3 Å². The molecule has 1 aliphatic carbocycles. The van der Waals surface area contributed by atoms with Crippen LogP contribution in [0, 0.1) is 27.9 Å². The van der Waals surface area contributed by atoms with Crippen LogP contribution in [0.2, 0.25) is 0 Å². The van der Waals surface area contributed by atoms with Crippen LogP contribution in [0.5, 0.6) is 0 Å². The monoisotopic (exact) mass is 340 g/mol. The molecule has 1 aromatic rings. The lowest BCUT2D eigenvalue weighted by molar-refractivity contribution is -0.384. The average molecular weight is 340 g/mol. The van der Waals surface area contributed by atoms with Gasteiger partial charge in [-0.15, -0.1) is 0 Å². The Balaban J connectivity index is 2.20. The second-order valence-corrected chi connectivity index (χ2v) is 8.52. The van der Waals surface area contributed by atoms with Crippen molar-refractivity contribution in [2.45, 2.75) is 51.0 Å². The number of rotatable bonds is 5. The number of hydrogen-bond donors (Lipinski definition) is 1. The van der Waals surface area contributed by atoms with E-state index in [0.29, 0.717) is 17.8 Å². The standard InChI is InChI=1S/C16H24N2O4S/c1-11(2)15-9-4-12(3)10-16(15)17-23(21,22)14-7-5-13(6-8-14)18(19)20/h5-8,11-12,15-17H,4,9-10H2,1-3H3/t12-,15+,16-/m1/s1. The summed E-state index contributed by atoms with van der Waals surface area (Å²) in [5.74, 6) is 1.22. The molecular weight excluding hydrogens is 316 g/mol. The summed E-state index contributed by atoms with van der Waals surface area (Å²) in [4.78, 5) is 10.2. The number of nitrogens with one attached hydrogen (secondary N) is 1. The molecule has 1 saturated carbocycles. The minimum Gasteiger partial charge on any atom is -0.258 e. The van der Waals surface area contributed by atoms with Crippen LogP contribution in [0.4, 0.5) is 5.69 Å². The highest BCUT2D eigenvalue weighted by molar-refractivity contribution is 7.89. The molecule has 0 aliphatic heterocycles. The van der Waals surface area contributed by atoms with Gasteiger partial charge in [-0.1, -0.05) is 27.2 Å². The van der Waals surface area contributed by atoms with Crippen molar-refractivity contribution in [1.29, 1.82) is 0 Å². The molecule has 2 rings (SSSR count). The third kappa shape index (κ3) is 4.29. The summed E-state index contributed by atoms with van der Waals surface area (Å²) in [5, 5.41) is 10.7. The summed E-state index contributed by atoms with van der Waals surface area (Å²) in [5.41, 5.74) is -0.115. The molecular formula is C16H24N2O4S. The van der Waals surface area contributed by atoms with E-state index < -0.39 is 14.9 Å². The Morgan fingerprint density at radius 3 is 2.35 bits per heavy atom. The molecule has 1 fully saturated rings. The molecule has 0 unspecified atom stereocenters. The van der Waals surface area contributed by atoms with Gasteiger partial charge in [-0.3, -0.25) is 10.1 Å². The zero-order valence-corrected chi connectivity index (χ0v) is 14.5. The van der Waals surface area contributed by atoms with E-state index in [2.05, 4.69) is 25.5 Å². The van der Waals surface area contributed by atoms with Crippen LogP contribution in [0.1, 0.15) is 40.0 Å². The molecule has 0 amide bonds. The predicted octanol–water partition coefficient (Wildman–Crippen LogP) is 3.33. The summed E-state index contributed by atoms with van der Waals surface area (Å²) in [6, 6.07) is 4.93. The van der Waals surface area contributed by atoms with E-state index in [1.807, 2.05) is 0 Å². The van der Waals surface area contributed by atoms with Gasteiger partial charge in [0.05, 0.1) is 9.82 Å². The highest BCUT2D eigenvalue weighted by Gasteiger charge is 2.33. The Morgan fingerprint density at radius 1 is 1.22 bits per heavy atom. The zero-order chi connectivity index (χ0) is 17.2. The fraction of sp³-hybridized carbons (Fsp3) is 0.625. The van der Waals surface area contributed by atoms with Crippen molar-refractivity contribution in [3.8, 4) is 0 Å². The third-order valence-electron chi connectivity index (χ3n) is 4.69. The van der Waals surface area contributed by atoms with Crippen LogP contribution < -0.4 is 4.72 Å². The fourth-order valence-corrected chi connectivity index (χ4v) is 4.65. The smallest absolute Gasteiger partial charge is 0.258 e. The van der Waals surface area contributed by atoms with Crippen molar-refractivity contribution in [2.75, 3.05) is 0 Å². The summed E-state index contributed by atoms with van der Waals surface area (Å²) >= 11 is 0. The highest BCUT2D eigenvalue weighted by Crippen LogP contribution is 2.34. The maximum Gasteiger partial charge on any atom is 0.269 e. The largest absolute Gasteiger partial charge is 0.269 e. The SMILES string of the molecule is CC(C)[C@@H]1CC[C@@H](C)C[C@H]1NS(=O)(=O)c1ccc([N+](=O)[O-])cc1. The molecule has 1 N–H and O–H groups in total. The van der Waals surface area contributed by atoms with E-state index in [4.69, 9.17) is 0 Å². The number of non-ortho nitro benzene ring substituents is 1. The molecule has 7 heteroatoms. The van der Waals surface area contributed by atoms with Crippen molar-refractivity contribution in [2.24, 2.45) is 17.8 Å². The molecule has 0 spiro atoms. The van der Waals surface area contributed by atoms with Crippen LogP contribution in [0.3, 0.4) is 0 Å². The van der Waals surface area contributed by atoms with Crippen molar-refractivity contribution in [1.82, 2.24) is 4.72 Å². The van der Waals surface area contributed by atoms with Gasteiger partial charge >= 0.3 is 0 Å². The fourth-order valence-electron chi connectivity index (χ4n) is 3.35. The highest BCUT2D eigenvalue weighted by atomic mass is 32.2. The maximum atomic E-state index is 12.6. The van der Waals surface area contributed by atoms with Crippen LogP contribution >= 0.6 is 0 Å². The number of hydrogen-bond acceptors (Lipinski definition) is 4. The lowest BCUT2D eigenvalue weighted by atomic mass is 9.74. The molecule has 23 heavy (non-hydrogen) atoms. The average Bonchev–Trinajstić information content (AvgIpc) is 2.46. The first-order valence-electron chi connectivity index (χ1n) is 7.97. The van der Waals surface area contributed by atoms with Gasteiger partial charge in [0, 0.05) is 18.2 Å². The Kier molecular flexibility index (Phi) is 5.41. The molecule has 128 valence electrons. The van der Waals surface area contributed by atoms with Crippen molar-refractivity contribution < 1.29 is 13.3 Å². The molecule has 0 aromatic heterocycles. The van der Waals surface area contributed by atoms with E-state index in [9.17, 15) is 18.5 Å². The van der Waals surface area contributed by atoms with Crippen LogP contribution in [0.15, 0.2) is 29.2 Å². The maximum absolute atomic E-state index is 12.6. The molecule has 1 aliphatic rings. The van der Waals surface area contributed by atoms with Gasteiger partial charge in [-0.05, 0) is 42.7 Å². The zero-order valence-electron chi connectivity index (χ0n) is 13.7. The number of nitrogens with zero attached hydrogens (tertiary/aromatic N) is 1. The van der Waals surface area contributed by atoms with Gasteiger partial charge in [0.1, 0.15) is 0 Å². The van der Waals surface area contributed by atoms with Crippen molar-refractivity contribution in [3.05, 3.63) is 34.4 Å². The Morgan fingerprint density at radius 2 is 1.83 bits per heavy atom. The minimum absolute atomic E-state index is 0.0730. The first-order valence-corrected chi connectivity index (χ1v) is 9.46. The van der Waals surface area contributed by atoms with E-state index in [1.54, 1.807) is 0 Å². The molecule has 0 heterocycles. The van der Waals surface area contributed by atoms with Gasteiger partial charge in [0.15, 0.2) is 0 Å². The number of benzene rings is 1. The Labute approximate surface area is 137 Å². The molecule has 6 nitrogen and oxygen atoms in total. The molecule has 0 bridgehead atoms. The van der Waals surface area contributed by atoms with Gasteiger partial charge in [-0.2, -0.15) is 0 Å². The van der Waals surface area contributed by atoms with Crippen molar-refractivity contribution >= 4 is 15.7 Å². The van der Waals surface area contributed by atoms with E-state index in [-0.39, 0.29) is 16.6 Å². The minimum atomic E-state index is -3.66.